The van der Waals surface area contributed by atoms with Gasteiger partial charge in [-0.1, -0.05) is 44.7 Å². The largest absolute Gasteiger partial charge is 0.289 e. The van der Waals surface area contributed by atoms with E-state index in [1.807, 2.05) is 38.1 Å². The van der Waals surface area contributed by atoms with Crippen LogP contribution in [-0.2, 0) is 5.41 Å². The summed E-state index contributed by atoms with van der Waals surface area (Å²) in [6.45, 7) is 7.93. The molecule has 1 heteroatoms. The summed E-state index contributed by atoms with van der Waals surface area (Å²) in [5, 5.41) is 0. The number of carbonyl (C=O) groups is 1. The summed E-state index contributed by atoms with van der Waals surface area (Å²) in [6.07, 6.45) is 0. The molecule has 0 amide bonds. The number of hydrogen-bond acceptors (Lipinski definition) is 1. The molecule has 1 aliphatic carbocycles. The summed E-state index contributed by atoms with van der Waals surface area (Å²) in [7, 11) is 0. The molecule has 66 valence electrons. The number of rotatable bonds is 0. The van der Waals surface area contributed by atoms with Crippen molar-refractivity contribution >= 4 is 5.78 Å². The second-order valence-corrected chi connectivity index (χ2v) is 3.98. The fourth-order valence-electron chi connectivity index (χ4n) is 1.84. The molecular weight excluding hydrogens is 160 g/mol. The fraction of sp³-hybridized carbons (Fsp3) is 0.250. The summed E-state index contributed by atoms with van der Waals surface area (Å²) in [5.74, 6) is 0.0978. The van der Waals surface area contributed by atoms with Gasteiger partial charge in [-0.15, -0.1) is 0 Å². The van der Waals surface area contributed by atoms with E-state index in [0.29, 0.717) is 5.57 Å². The van der Waals surface area contributed by atoms with Gasteiger partial charge in [-0.25, -0.2) is 0 Å². The van der Waals surface area contributed by atoms with Crippen LogP contribution in [0.5, 0.6) is 0 Å². The van der Waals surface area contributed by atoms with Gasteiger partial charge in [0, 0.05) is 16.6 Å². The summed E-state index contributed by atoms with van der Waals surface area (Å²) in [4.78, 5) is 11.7. The minimum atomic E-state index is -0.187. The topological polar surface area (TPSA) is 17.1 Å². The zero-order chi connectivity index (χ0) is 9.64. The van der Waals surface area contributed by atoms with Gasteiger partial charge < -0.3 is 0 Å². The van der Waals surface area contributed by atoms with Gasteiger partial charge in [-0.2, -0.15) is 0 Å². The highest BCUT2D eigenvalue weighted by Crippen LogP contribution is 2.41. The van der Waals surface area contributed by atoms with Crippen LogP contribution >= 0.6 is 0 Å². The van der Waals surface area contributed by atoms with Crippen LogP contribution in [0.15, 0.2) is 36.4 Å². The molecule has 1 aromatic rings. The van der Waals surface area contributed by atoms with Gasteiger partial charge >= 0.3 is 0 Å². The van der Waals surface area contributed by atoms with Crippen LogP contribution in [0.4, 0.5) is 0 Å². The van der Waals surface area contributed by atoms with Crippen LogP contribution in [0.3, 0.4) is 0 Å². The third kappa shape index (κ3) is 0.902. The van der Waals surface area contributed by atoms with Gasteiger partial charge in [0.25, 0.3) is 0 Å². The second-order valence-electron chi connectivity index (χ2n) is 3.98. The Morgan fingerprint density at radius 1 is 1.23 bits per heavy atom. The van der Waals surface area contributed by atoms with Crippen molar-refractivity contribution in [2.45, 2.75) is 19.3 Å². The number of Topliss-reactive ketones (excluding diaryl/α,β-unsaturated/α-hetero) is 1. The van der Waals surface area contributed by atoms with E-state index in [9.17, 15) is 4.79 Å². The second kappa shape index (κ2) is 2.32. The molecule has 0 aliphatic heterocycles. The minimum Gasteiger partial charge on any atom is -0.289 e. The number of benzene rings is 1. The monoisotopic (exact) mass is 172 g/mol. The zero-order valence-electron chi connectivity index (χ0n) is 7.92. The lowest BCUT2D eigenvalue weighted by Crippen LogP contribution is -2.15. The van der Waals surface area contributed by atoms with E-state index in [4.69, 9.17) is 0 Å². The van der Waals surface area contributed by atoms with Crippen LogP contribution in [0.25, 0.3) is 0 Å². The van der Waals surface area contributed by atoms with Crippen molar-refractivity contribution in [1.29, 1.82) is 0 Å². The maximum absolute atomic E-state index is 11.7. The van der Waals surface area contributed by atoms with E-state index < -0.39 is 0 Å². The molecule has 0 fully saturated rings. The molecule has 0 heterocycles. The summed E-state index contributed by atoms with van der Waals surface area (Å²) >= 11 is 0. The summed E-state index contributed by atoms with van der Waals surface area (Å²) in [5.41, 5.74) is 2.43. The number of allylic oxidation sites excluding steroid dienone is 1. The predicted octanol–water partition coefficient (Wildman–Crippen LogP) is 2.72. The van der Waals surface area contributed by atoms with Crippen LogP contribution in [-0.4, -0.2) is 5.78 Å². The molecule has 0 atom stereocenters. The van der Waals surface area contributed by atoms with Gasteiger partial charge in [0.15, 0.2) is 5.78 Å². The molecular formula is C12H12O. The van der Waals surface area contributed by atoms with Crippen LogP contribution in [0.2, 0.25) is 0 Å². The maximum Gasteiger partial charge on any atom is 0.189 e. The Bertz CT molecular complexity index is 399. The van der Waals surface area contributed by atoms with Gasteiger partial charge in [-0.05, 0) is 5.56 Å². The van der Waals surface area contributed by atoms with E-state index in [1.54, 1.807) is 0 Å². The van der Waals surface area contributed by atoms with E-state index in [2.05, 4.69) is 6.58 Å². The minimum absolute atomic E-state index is 0.0978. The molecule has 0 saturated carbocycles. The van der Waals surface area contributed by atoms with Gasteiger partial charge in [0.2, 0.25) is 0 Å². The standard InChI is InChI=1S/C12H12O/c1-8-11(13)9-6-4-5-7-10(9)12(8,2)3/h4-7H,1H2,2-3H3. The highest BCUT2D eigenvalue weighted by molar-refractivity contribution is 6.14. The number of ketones is 1. The van der Waals surface area contributed by atoms with Crippen molar-refractivity contribution in [3.8, 4) is 0 Å². The van der Waals surface area contributed by atoms with Crippen molar-refractivity contribution in [3.05, 3.63) is 47.5 Å². The lowest BCUT2D eigenvalue weighted by molar-refractivity contribution is 0.103. The molecule has 0 bridgehead atoms. The Kier molecular flexibility index (Phi) is 1.47. The fourth-order valence-corrected chi connectivity index (χ4v) is 1.84. The van der Waals surface area contributed by atoms with Gasteiger partial charge in [0.1, 0.15) is 0 Å². The van der Waals surface area contributed by atoms with E-state index >= 15 is 0 Å². The Morgan fingerprint density at radius 2 is 1.85 bits per heavy atom. The lowest BCUT2D eigenvalue weighted by atomic mass is 9.84. The van der Waals surface area contributed by atoms with Crippen molar-refractivity contribution in [2.75, 3.05) is 0 Å². The SMILES string of the molecule is C=C1C(=O)c2ccccc2C1(C)C. The zero-order valence-corrected chi connectivity index (χ0v) is 7.92. The Morgan fingerprint density at radius 3 is 2.46 bits per heavy atom. The number of carbonyl (C=O) groups excluding carboxylic acids is 1. The van der Waals surface area contributed by atoms with E-state index in [-0.39, 0.29) is 11.2 Å². The predicted molar refractivity (Wildman–Crippen MR) is 52.9 cm³/mol. The first-order valence-corrected chi connectivity index (χ1v) is 4.39. The van der Waals surface area contributed by atoms with Crippen molar-refractivity contribution in [3.63, 3.8) is 0 Å². The van der Waals surface area contributed by atoms with Gasteiger partial charge in [0.05, 0.1) is 0 Å². The third-order valence-electron chi connectivity index (χ3n) is 2.87. The Hall–Kier alpha value is -1.37. The van der Waals surface area contributed by atoms with Crippen molar-refractivity contribution in [1.82, 2.24) is 0 Å². The molecule has 0 unspecified atom stereocenters. The van der Waals surface area contributed by atoms with Crippen molar-refractivity contribution in [2.24, 2.45) is 0 Å². The summed E-state index contributed by atoms with van der Waals surface area (Å²) in [6, 6.07) is 7.74. The van der Waals surface area contributed by atoms with E-state index in [1.165, 1.54) is 0 Å². The third-order valence-corrected chi connectivity index (χ3v) is 2.87. The molecule has 13 heavy (non-hydrogen) atoms. The quantitative estimate of drug-likeness (QED) is 0.550. The van der Waals surface area contributed by atoms with Crippen LogP contribution in [0.1, 0.15) is 29.8 Å². The molecule has 1 aromatic carbocycles. The number of hydrogen-bond donors (Lipinski definition) is 0. The van der Waals surface area contributed by atoms with E-state index in [0.717, 1.165) is 11.1 Å². The smallest absolute Gasteiger partial charge is 0.189 e. The van der Waals surface area contributed by atoms with Crippen molar-refractivity contribution < 1.29 is 4.79 Å². The Labute approximate surface area is 78.1 Å². The highest BCUT2D eigenvalue weighted by atomic mass is 16.1. The number of fused-ring (bicyclic) bond motifs is 1. The molecule has 0 aromatic heterocycles. The maximum atomic E-state index is 11.7. The molecule has 0 N–H and O–H groups in total. The average molecular weight is 172 g/mol. The summed E-state index contributed by atoms with van der Waals surface area (Å²) < 4.78 is 0. The first-order valence-electron chi connectivity index (χ1n) is 4.39. The molecule has 0 saturated heterocycles. The first kappa shape index (κ1) is 8.24. The highest BCUT2D eigenvalue weighted by Gasteiger charge is 2.38. The average Bonchev–Trinajstić information content (AvgIpc) is 2.30. The molecule has 1 nitrogen and oxygen atoms in total. The normalized spacial score (nSPS) is 18.9. The molecule has 0 spiro atoms. The molecule has 0 radical (unpaired) electrons. The molecule has 1 aliphatic rings. The Balaban J connectivity index is 2.75. The first-order chi connectivity index (χ1) is 6.05. The van der Waals surface area contributed by atoms with Crippen LogP contribution < -0.4 is 0 Å². The van der Waals surface area contributed by atoms with Gasteiger partial charge in [-0.3, -0.25) is 4.79 Å². The van der Waals surface area contributed by atoms with Crippen LogP contribution in [0, 0.1) is 0 Å². The molecule has 2 rings (SSSR count). The lowest BCUT2D eigenvalue weighted by Gasteiger charge is -2.19.